The molecule has 0 aliphatic carbocycles. The van der Waals surface area contributed by atoms with Gasteiger partial charge in [0.25, 0.3) is 0 Å². The van der Waals surface area contributed by atoms with E-state index in [2.05, 4.69) is 35.1 Å². The van der Waals surface area contributed by atoms with Crippen LogP contribution in [0, 0.1) is 6.92 Å². The molecule has 10 nitrogen and oxygen atoms in total. The van der Waals surface area contributed by atoms with Crippen LogP contribution in [-0.2, 0) is 11.2 Å². The smallest absolute Gasteiger partial charge is 0.231 e. The van der Waals surface area contributed by atoms with Gasteiger partial charge in [-0.2, -0.15) is 9.97 Å². The lowest BCUT2D eigenvalue weighted by molar-refractivity contribution is 0.0357. The third-order valence-corrected chi connectivity index (χ3v) is 5.24. The lowest BCUT2D eigenvalue weighted by Gasteiger charge is -2.26. The molecular formula is C22H29N7O3. The highest BCUT2D eigenvalue weighted by Crippen LogP contribution is 2.34. The molecule has 1 aliphatic rings. The molecule has 10 heteroatoms. The first kappa shape index (κ1) is 22.1. The molecule has 3 heterocycles. The molecule has 32 heavy (non-hydrogen) atoms. The number of nitrogens with one attached hydrogen (secondary N) is 1. The average molecular weight is 440 g/mol. The molecule has 170 valence electrons. The molecule has 0 atom stereocenters. The van der Waals surface area contributed by atoms with Crippen LogP contribution in [0.15, 0.2) is 18.5 Å². The van der Waals surface area contributed by atoms with Crippen LogP contribution in [0.25, 0.3) is 10.9 Å². The fourth-order valence-electron chi connectivity index (χ4n) is 3.59. The molecule has 1 N–H and O–H groups in total. The molecular weight excluding hydrogens is 410 g/mol. The predicted octanol–water partition coefficient (Wildman–Crippen LogP) is 2.54. The molecule has 0 saturated carbocycles. The number of fused-ring (bicyclic) bond motifs is 1. The second-order valence-electron chi connectivity index (χ2n) is 7.50. The van der Waals surface area contributed by atoms with Gasteiger partial charge in [0.1, 0.15) is 23.8 Å². The van der Waals surface area contributed by atoms with Gasteiger partial charge < -0.3 is 19.5 Å². The van der Waals surface area contributed by atoms with Gasteiger partial charge in [-0.1, -0.05) is 6.92 Å². The van der Waals surface area contributed by atoms with Crippen LogP contribution >= 0.6 is 0 Å². The second-order valence-corrected chi connectivity index (χ2v) is 7.50. The number of ether oxygens (including phenoxy) is 3. The van der Waals surface area contributed by atoms with Gasteiger partial charge in [-0.15, -0.1) is 0 Å². The largest absolute Gasteiger partial charge is 0.493 e. The third-order valence-electron chi connectivity index (χ3n) is 5.24. The van der Waals surface area contributed by atoms with Crippen LogP contribution in [0.4, 0.5) is 11.8 Å². The summed E-state index contributed by atoms with van der Waals surface area (Å²) in [6.07, 6.45) is 3.14. The predicted molar refractivity (Wildman–Crippen MR) is 121 cm³/mol. The van der Waals surface area contributed by atoms with Crippen molar-refractivity contribution in [1.29, 1.82) is 0 Å². The molecule has 0 spiro atoms. The lowest BCUT2D eigenvalue weighted by Crippen LogP contribution is -2.37. The van der Waals surface area contributed by atoms with E-state index in [4.69, 9.17) is 14.2 Å². The normalized spacial score (nSPS) is 14.5. The first-order chi connectivity index (χ1) is 15.7. The highest BCUT2D eigenvalue weighted by atomic mass is 16.5. The molecule has 1 saturated heterocycles. The summed E-state index contributed by atoms with van der Waals surface area (Å²) < 4.78 is 17.0. The molecule has 0 bridgehead atoms. The van der Waals surface area contributed by atoms with Gasteiger partial charge in [-0.05, 0) is 19.4 Å². The van der Waals surface area contributed by atoms with Crippen LogP contribution in [0.3, 0.4) is 0 Å². The summed E-state index contributed by atoms with van der Waals surface area (Å²) in [6, 6.07) is 3.76. The van der Waals surface area contributed by atoms with Crippen LogP contribution in [0.1, 0.15) is 25.0 Å². The van der Waals surface area contributed by atoms with Crippen molar-refractivity contribution in [2.45, 2.75) is 26.7 Å². The van der Waals surface area contributed by atoms with Crippen molar-refractivity contribution in [3.8, 4) is 11.5 Å². The number of hydrogen-bond donors (Lipinski definition) is 1. The monoisotopic (exact) mass is 439 g/mol. The van der Waals surface area contributed by atoms with E-state index in [1.807, 2.05) is 26.0 Å². The Labute approximate surface area is 187 Å². The van der Waals surface area contributed by atoms with Gasteiger partial charge in [0, 0.05) is 37.5 Å². The highest BCUT2D eigenvalue weighted by Gasteiger charge is 2.14. The summed E-state index contributed by atoms with van der Waals surface area (Å²) in [5.41, 5.74) is 0.738. The topological polar surface area (TPSA) is 107 Å². The van der Waals surface area contributed by atoms with E-state index in [0.29, 0.717) is 35.7 Å². The summed E-state index contributed by atoms with van der Waals surface area (Å²) in [7, 11) is 1.63. The van der Waals surface area contributed by atoms with E-state index in [1.165, 1.54) is 6.33 Å². The number of morpholine rings is 1. The molecule has 0 unspecified atom stereocenters. The van der Waals surface area contributed by atoms with Crippen molar-refractivity contribution in [3.05, 3.63) is 30.1 Å². The fourth-order valence-corrected chi connectivity index (χ4v) is 3.59. The third kappa shape index (κ3) is 5.38. The number of methoxy groups -OCH3 is 1. The number of rotatable bonds is 9. The van der Waals surface area contributed by atoms with Crippen LogP contribution in [0.5, 0.6) is 11.5 Å². The van der Waals surface area contributed by atoms with Crippen molar-refractivity contribution < 1.29 is 14.2 Å². The molecule has 1 aliphatic heterocycles. The Hall–Kier alpha value is -3.11. The highest BCUT2D eigenvalue weighted by molar-refractivity contribution is 5.92. The number of hydrogen-bond acceptors (Lipinski definition) is 10. The summed E-state index contributed by atoms with van der Waals surface area (Å²) >= 11 is 0. The molecule has 1 fully saturated rings. The summed E-state index contributed by atoms with van der Waals surface area (Å²) in [6.45, 7) is 8.97. The van der Waals surface area contributed by atoms with Crippen molar-refractivity contribution in [2.75, 3.05) is 51.9 Å². The quantitative estimate of drug-likeness (QED) is 0.500. The lowest BCUT2D eigenvalue weighted by atomic mass is 10.2. The Balaban J connectivity index is 1.52. The van der Waals surface area contributed by atoms with Gasteiger partial charge in [-0.3, -0.25) is 4.90 Å². The maximum absolute atomic E-state index is 6.08. The van der Waals surface area contributed by atoms with E-state index in [-0.39, 0.29) is 0 Å². The molecule has 2 aromatic heterocycles. The SMILES string of the molecule is CCc1nc(C)nc(Nc2ncnc3cc(OC)c(OCCCN4CCOCC4)cc23)n1. The van der Waals surface area contributed by atoms with Gasteiger partial charge in [-0.25, -0.2) is 15.0 Å². The van der Waals surface area contributed by atoms with E-state index < -0.39 is 0 Å². The molecule has 1 aromatic carbocycles. The standard InChI is InChI=1S/C22H29N7O3/c1-4-20-25-15(2)26-22(27-20)28-21-16-12-19(18(30-3)13-17(16)23-14-24-21)32-9-5-6-29-7-10-31-11-8-29/h12-14H,4-11H2,1-3H3,(H,23,24,25,26,27,28). The van der Waals surface area contributed by atoms with E-state index >= 15 is 0 Å². The van der Waals surface area contributed by atoms with Gasteiger partial charge in [0.05, 0.1) is 32.4 Å². The Kier molecular flexibility index (Phi) is 7.23. The zero-order valence-corrected chi connectivity index (χ0v) is 18.8. The summed E-state index contributed by atoms with van der Waals surface area (Å²) in [5.74, 6) is 3.73. The Morgan fingerprint density at radius 1 is 1.09 bits per heavy atom. The van der Waals surface area contributed by atoms with Crippen LogP contribution in [-0.4, -0.2) is 76.4 Å². The Bertz CT molecular complexity index is 1060. The molecule has 3 aromatic rings. The maximum Gasteiger partial charge on any atom is 0.231 e. The molecule has 0 radical (unpaired) electrons. The van der Waals surface area contributed by atoms with Gasteiger partial charge >= 0.3 is 0 Å². The minimum atomic E-state index is 0.457. The van der Waals surface area contributed by atoms with E-state index in [9.17, 15) is 0 Å². The summed E-state index contributed by atoms with van der Waals surface area (Å²) in [5, 5.41) is 4.01. The van der Waals surface area contributed by atoms with Crippen LogP contribution in [0.2, 0.25) is 0 Å². The first-order valence-corrected chi connectivity index (χ1v) is 10.9. The Morgan fingerprint density at radius 3 is 2.72 bits per heavy atom. The minimum absolute atomic E-state index is 0.457. The second kappa shape index (κ2) is 10.5. The Morgan fingerprint density at radius 2 is 1.94 bits per heavy atom. The van der Waals surface area contributed by atoms with Crippen LogP contribution < -0.4 is 14.8 Å². The number of nitrogens with zero attached hydrogens (tertiary/aromatic N) is 6. The number of aryl methyl sites for hydroxylation is 2. The van der Waals surface area contributed by atoms with E-state index in [0.717, 1.165) is 62.4 Å². The zero-order chi connectivity index (χ0) is 22.3. The van der Waals surface area contributed by atoms with Gasteiger partial charge in [0.2, 0.25) is 5.95 Å². The van der Waals surface area contributed by atoms with Crippen molar-refractivity contribution in [3.63, 3.8) is 0 Å². The zero-order valence-electron chi connectivity index (χ0n) is 18.8. The first-order valence-electron chi connectivity index (χ1n) is 10.9. The molecule has 4 rings (SSSR count). The van der Waals surface area contributed by atoms with Crippen molar-refractivity contribution in [2.24, 2.45) is 0 Å². The number of benzene rings is 1. The number of anilines is 2. The fraction of sp³-hybridized carbons (Fsp3) is 0.500. The van der Waals surface area contributed by atoms with Crippen molar-refractivity contribution >= 4 is 22.7 Å². The van der Waals surface area contributed by atoms with E-state index in [1.54, 1.807) is 7.11 Å². The minimum Gasteiger partial charge on any atom is -0.493 e. The summed E-state index contributed by atoms with van der Waals surface area (Å²) in [4.78, 5) is 24.3. The van der Waals surface area contributed by atoms with Gasteiger partial charge in [0.15, 0.2) is 11.5 Å². The average Bonchev–Trinajstić information content (AvgIpc) is 2.82. The molecule has 0 amide bonds. The number of aromatic nitrogens is 5. The maximum atomic E-state index is 6.08. The van der Waals surface area contributed by atoms with Crippen molar-refractivity contribution in [1.82, 2.24) is 29.8 Å².